The fourth-order valence-electron chi connectivity index (χ4n) is 2.76. The lowest BCUT2D eigenvalue weighted by molar-refractivity contribution is 0.456. The molecule has 0 amide bonds. The van der Waals surface area contributed by atoms with Gasteiger partial charge in [0.05, 0.1) is 31.7 Å². The van der Waals surface area contributed by atoms with Crippen molar-refractivity contribution in [3.8, 4) is 16.9 Å². The van der Waals surface area contributed by atoms with E-state index in [1.165, 1.54) is 23.0 Å². The van der Waals surface area contributed by atoms with Gasteiger partial charge in [0, 0.05) is 11.6 Å². The zero-order chi connectivity index (χ0) is 20.7. The van der Waals surface area contributed by atoms with Gasteiger partial charge < -0.3 is 10.8 Å². The number of rotatable bonds is 3. The number of nitrogens with zero attached hydrogens (tertiary/aromatic N) is 3. The van der Waals surface area contributed by atoms with Crippen molar-refractivity contribution < 1.29 is 9.50 Å². The molecular weight excluding hydrogens is 438 g/mol. The fourth-order valence-corrected chi connectivity index (χ4v) is 4.11. The van der Waals surface area contributed by atoms with Crippen LogP contribution in [0, 0.1) is 5.82 Å². The van der Waals surface area contributed by atoms with Gasteiger partial charge in [0.15, 0.2) is 0 Å². The number of hydrogen-bond donors (Lipinski definition) is 2. The standard InChI is InChI=1S/C19H11Cl2FN4O2S/c20-10-2-3-11(23)18(21)16(10)17-12-4-6-15(25-26(12)8-24-19(17)28)29-14-5-1-9(22)7-13(14)27/h1-8,27H,23H2. The Balaban J connectivity index is 1.86. The van der Waals surface area contributed by atoms with Gasteiger partial charge in [-0.1, -0.05) is 35.0 Å². The van der Waals surface area contributed by atoms with Gasteiger partial charge in [0.25, 0.3) is 5.56 Å². The van der Waals surface area contributed by atoms with Gasteiger partial charge in [-0.3, -0.25) is 4.79 Å². The van der Waals surface area contributed by atoms with E-state index in [1.54, 1.807) is 24.3 Å². The first-order valence-electron chi connectivity index (χ1n) is 8.14. The normalized spacial score (nSPS) is 11.1. The summed E-state index contributed by atoms with van der Waals surface area (Å²) >= 11 is 13.7. The summed E-state index contributed by atoms with van der Waals surface area (Å²) in [5.41, 5.74) is 6.49. The predicted molar refractivity (Wildman–Crippen MR) is 111 cm³/mol. The number of phenols is 1. The molecule has 0 bridgehead atoms. The van der Waals surface area contributed by atoms with Crippen molar-refractivity contribution in [3.05, 3.63) is 75.0 Å². The van der Waals surface area contributed by atoms with E-state index in [9.17, 15) is 14.3 Å². The summed E-state index contributed by atoms with van der Waals surface area (Å²) in [6.45, 7) is 0. The number of aromatic hydroxyl groups is 1. The molecule has 29 heavy (non-hydrogen) atoms. The Morgan fingerprint density at radius 1 is 1.10 bits per heavy atom. The number of anilines is 1. The van der Waals surface area contributed by atoms with E-state index in [2.05, 4.69) is 10.1 Å². The maximum Gasteiger partial charge on any atom is 0.281 e. The van der Waals surface area contributed by atoms with Gasteiger partial charge in [0.1, 0.15) is 22.9 Å². The van der Waals surface area contributed by atoms with E-state index >= 15 is 0 Å². The molecule has 2 aromatic heterocycles. The maximum atomic E-state index is 13.2. The average molecular weight is 449 g/mol. The first kappa shape index (κ1) is 19.5. The molecule has 0 aliphatic rings. The van der Waals surface area contributed by atoms with Gasteiger partial charge in [-0.15, -0.1) is 0 Å². The molecule has 0 atom stereocenters. The second-order valence-electron chi connectivity index (χ2n) is 5.97. The van der Waals surface area contributed by atoms with E-state index in [0.29, 0.717) is 15.4 Å². The number of hydrogen-bond acceptors (Lipinski definition) is 6. The first-order chi connectivity index (χ1) is 13.8. The highest BCUT2D eigenvalue weighted by Crippen LogP contribution is 2.39. The van der Waals surface area contributed by atoms with Crippen LogP contribution in [0.2, 0.25) is 10.0 Å². The molecule has 3 N–H and O–H groups in total. The zero-order valence-corrected chi connectivity index (χ0v) is 16.8. The van der Waals surface area contributed by atoms with Crippen LogP contribution in [0.1, 0.15) is 0 Å². The van der Waals surface area contributed by atoms with Crippen LogP contribution < -0.4 is 11.3 Å². The molecule has 0 aliphatic carbocycles. The summed E-state index contributed by atoms with van der Waals surface area (Å²) in [6, 6.07) is 10.1. The third-order valence-electron chi connectivity index (χ3n) is 4.10. The van der Waals surface area contributed by atoms with Crippen LogP contribution in [-0.4, -0.2) is 19.7 Å². The Hall–Kier alpha value is -2.81. The monoisotopic (exact) mass is 448 g/mol. The molecule has 0 saturated heterocycles. The van der Waals surface area contributed by atoms with Crippen molar-refractivity contribution in [1.82, 2.24) is 14.6 Å². The molecule has 0 saturated carbocycles. The lowest BCUT2D eigenvalue weighted by Gasteiger charge is -2.12. The number of nitrogens with two attached hydrogens (primary N) is 1. The van der Waals surface area contributed by atoms with Crippen LogP contribution in [0.4, 0.5) is 10.1 Å². The predicted octanol–water partition coefficient (Wildman–Crippen LogP) is 4.64. The van der Waals surface area contributed by atoms with E-state index in [1.807, 2.05) is 0 Å². The Morgan fingerprint density at radius 3 is 2.66 bits per heavy atom. The first-order valence-corrected chi connectivity index (χ1v) is 9.71. The van der Waals surface area contributed by atoms with Crippen LogP contribution >= 0.6 is 35.0 Å². The Labute approximate surface area is 177 Å². The summed E-state index contributed by atoms with van der Waals surface area (Å²) in [4.78, 5) is 16.8. The topological polar surface area (TPSA) is 93.5 Å². The minimum absolute atomic E-state index is 0.152. The second-order valence-corrected chi connectivity index (χ2v) is 7.81. The summed E-state index contributed by atoms with van der Waals surface area (Å²) in [7, 11) is 0. The molecule has 0 aliphatic heterocycles. The molecule has 4 aromatic rings. The van der Waals surface area contributed by atoms with Crippen molar-refractivity contribution >= 4 is 46.2 Å². The number of aromatic nitrogens is 3. The third-order valence-corrected chi connectivity index (χ3v) is 5.81. The van der Waals surface area contributed by atoms with Crippen LogP contribution in [0.5, 0.6) is 5.75 Å². The van der Waals surface area contributed by atoms with Crippen molar-refractivity contribution in [2.45, 2.75) is 9.92 Å². The third kappa shape index (κ3) is 3.62. The lowest BCUT2D eigenvalue weighted by atomic mass is 10.1. The van der Waals surface area contributed by atoms with Crippen LogP contribution in [0.25, 0.3) is 16.6 Å². The molecule has 2 aromatic carbocycles. The Bertz CT molecular complexity index is 1330. The summed E-state index contributed by atoms with van der Waals surface area (Å²) in [6.07, 6.45) is 1.27. The number of fused-ring (bicyclic) bond motifs is 1. The molecule has 0 fully saturated rings. The van der Waals surface area contributed by atoms with Crippen molar-refractivity contribution in [3.63, 3.8) is 0 Å². The van der Waals surface area contributed by atoms with Gasteiger partial charge in [0.2, 0.25) is 0 Å². The van der Waals surface area contributed by atoms with Gasteiger partial charge >= 0.3 is 0 Å². The molecule has 4 rings (SSSR count). The van der Waals surface area contributed by atoms with E-state index in [0.717, 1.165) is 17.8 Å². The molecule has 0 spiro atoms. The summed E-state index contributed by atoms with van der Waals surface area (Å²) < 4.78 is 14.6. The van der Waals surface area contributed by atoms with Crippen molar-refractivity contribution in [2.75, 3.05) is 5.73 Å². The highest BCUT2D eigenvalue weighted by atomic mass is 35.5. The zero-order valence-electron chi connectivity index (χ0n) is 14.4. The molecule has 6 nitrogen and oxygen atoms in total. The number of benzene rings is 2. The largest absolute Gasteiger partial charge is 0.507 e. The average Bonchev–Trinajstić information content (AvgIpc) is 2.69. The van der Waals surface area contributed by atoms with Crippen LogP contribution in [0.3, 0.4) is 0 Å². The lowest BCUT2D eigenvalue weighted by Crippen LogP contribution is -2.14. The smallest absolute Gasteiger partial charge is 0.281 e. The Morgan fingerprint density at radius 2 is 1.90 bits per heavy atom. The van der Waals surface area contributed by atoms with E-state index in [-0.39, 0.29) is 32.6 Å². The minimum atomic E-state index is -0.541. The molecule has 0 unspecified atom stereocenters. The van der Waals surface area contributed by atoms with E-state index < -0.39 is 11.4 Å². The van der Waals surface area contributed by atoms with Crippen LogP contribution in [0.15, 0.2) is 63.5 Å². The quantitative estimate of drug-likeness (QED) is 0.443. The van der Waals surface area contributed by atoms with Crippen molar-refractivity contribution in [1.29, 1.82) is 0 Å². The second kappa shape index (κ2) is 7.55. The SMILES string of the molecule is Nc1ccc(Cl)c(-c2c(=O)ncn3nc(Sc4ccc(F)cc4O)ccc23)c1Cl. The summed E-state index contributed by atoms with van der Waals surface area (Å²) in [5, 5.41) is 15.2. The molecule has 10 heteroatoms. The number of halogens is 3. The maximum absolute atomic E-state index is 13.2. The van der Waals surface area contributed by atoms with E-state index in [4.69, 9.17) is 28.9 Å². The highest BCUT2D eigenvalue weighted by Gasteiger charge is 2.19. The van der Waals surface area contributed by atoms with Gasteiger partial charge in [-0.05, 0) is 36.4 Å². The van der Waals surface area contributed by atoms with Crippen LogP contribution in [-0.2, 0) is 0 Å². The molecule has 0 radical (unpaired) electrons. The van der Waals surface area contributed by atoms with Gasteiger partial charge in [-0.25, -0.2) is 8.91 Å². The summed E-state index contributed by atoms with van der Waals surface area (Å²) in [5.74, 6) is -0.741. The fraction of sp³-hybridized carbons (Fsp3) is 0. The van der Waals surface area contributed by atoms with Gasteiger partial charge in [-0.2, -0.15) is 10.1 Å². The molecule has 2 heterocycles. The minimum Gasteiger partial charge on any atom is -0.507 e. The van der Waals surface area contributed by atoms with Crippen molar-refractivity contribution in [2.24, 2.45) is 0 Å². The Kier molecular flexibility index (Phi) is 5.08. The molecular formula is C19H11Cl2FN4O2S. The highest BCUT2D eigenvalue weighted by molar-refractivity contribution is 7.99. The molecule has 146 valence electrons. The number of nitrogen functional groups attached to an aromatic ring is 1. The number of phenolic OH excluding ortho intramolecular Hbond substituents is 1.